The van der Waals surface area contributed by atoms with Crippen LogP contribution < -0.4 is 15.8 Å². The maximum Gasteiger partial charge on any atom is 0.321 e. The van der Waals surface area contributed by atoms with Crippen LogP contribution in [0.2, 0.25) is 0 Å². The van der Waals surface area contributed by atoms with E-state index in [0.717, 1.165) is 40.7 Å². The number of rotatable bonds is 6. The molecular weight excluding hydrogens is 390 g/mol. The fourth-order valence-corrected chi connectivity index (χ4v) is 3.93. The maximum atomic E-state index is 6.65. The first-order valence-corrected chi connectivity index (χ1v) is 10.6. The van der Waals surface area contributed by atoms with Gasteiger partial charge in [-0.05, 0) is 51.3 Å². The monoisotopic (exact) mass is 415 g/mol. The second-order valence-electron chi connectivity index (χ2n) is 8.12. The number of nitrogens with two attached hydrogens (primary N) is 1. The van der Waals surface area contributed by atoms with Gasteiger partial charge in [0.1, 0.15) is 5.75 Å². The summed E-state index contributed by atoms with van der Waals surface area (Å²) in [6.45, 7) is 4.12. The van der Waals surface area contributed by atoms with Crippen molar-refractivity contribution in [3.8, 4) is 23.0 Å². The van der Waals surface area contributed by atoms with E-state index in [4.69, 9.17) is 10.5 Å². The van der Waals surface area contributed by atoms with Crippen molar-refractivity contribution in [1.29, 1.82) is 0 Å². The third kappa shape index (κ3) is 3.65. The summed E-state index contributed by atoms with van der Waals surface area (Å²) in [7, 11) is 0. The zero-order valence-electron chi connectivity index (χ0n) is 17.6. The van der Waals surface area contributed by atoms with Crippen molar-refractivity contribution in [2.45, 2.75) is 45.2 Å². The normalized spacial score (nSPS) is 14.0. The second kappa shape index (κ2) is 7.86. The van der Waals surface area contributed by atoms with E-state index in [1.54, 1.807) is 18.5 Å². The SMILES string of the molecule is CC(C)Nc1ncc(-c2c(N)c3ccc(Oc4ncccn4)cc3n2C2CCC2)cn1. The summed E-state index contributed by atoms with van der Waals surface area (Å²) in [5.41, 5.74) is 10.3. The van der Waals surface area contributed by atoms with Crippen LogP contribution in [0.3, 0.4) is 0 Å². The average Bonchev–Trinajstić information content (AvgIpc) is 3.00. The Labute approximate surface area is 180 Å². The van der Waals surface area contributed by atoms with E-state index >= 15 is 0 Å². The van der Waals surface area contributed by atoms with E-state index in [1.807, 2.05) is 30.6 Å². The van der Waals surface area contributed by atoms with Crippen LogP contribution in [0.1, 0.15) is 39.2 Å². The molecule has 158 valence electrons. The van der Waals surface area contributed by atoms with Crippen molar-refractivity contribution in [2.75, 3.05) is 11.1 Å². The lowest BCUT2D eigenvalue weighted by Gasteiger charge is -2.30. The predicted octanol–water partition coefficient (Wildman–Crippen LogP) is 4.81. The molecule has 1 aromatic carbocycles. The van der Waals surface area contributed by atoms with E-state index in [0.29, 0.717) is 23.8 Å². The molecule has 8 heteroatoms. The molecule has 3 heterocycles. The third-order valence-corrected chi connectivity index (χ3v) is 5.55. The molecule has 3 aromatic heterocycles. The van der Waals surface area contributed by atoms with Crippen molar-refractivity contribution in [1.82, 2.24) is 24.5 Å². The number of nitrogens with one attached hydrogen (secondary N) is 1. The molecule has 5 rings (SSSR count). The minimum Gasteiger partial charge on any atom is -0.424 e. The lowest BCUT2D eigenvalue weighted by atomic mass is 9.92. The van der Waals surface area contributed by atoms with Crippen molar-refractivity contribution < 1.29 is 4.74 Å². The molecule has 0 atom stereocenters. The van der Waals surface area contributed by atoms with Crippen molar-refractivity contribution in [3.63, 3.8) is 0 Å². The summed E-state index contributed by atoms with van der Waals surface area (Å²) in [6.07, 6.45) is 10.5. The highest BCUT2D eigenvalue weighted by Crippen LogP contribution is 2.44. The first-order valence-electron chi connectivity index (χ1n) is 10.6. The standard InChI is InChI=1S/C23H25N7O/c1-14(2)29-22-27-12-15(13-28-22)21-20(24)18-8-7-17(31-23-25-9-4-10-26-23)11-19(18)30(21)16-5-3-6-16/h4,7-14,16H,3,5-6,24H2,1-2H3,(H,27,28,29). The largest absolute Gasteiger partial charge is 0.424 e. The van der Waals surface area contributed by atoms with Gasteiger partial charge in [0.25, 0.3) is 0 Å². The van der Waals surface area contributed by atoms with Gasteiger partial charge >= 0.3 is 6.01 Å². The smallest absolute Gasteiger partial charge is 0.321 e. The Morgan fingerprint density at radius 3 is 2.48 bits per heavy atom. The molecule has 0 amide bonds. The van der Waals surface area contributed by atoms with Gasteiger partial charge < -0.3 is 20.4 Å². The molecule has 31 heavy (non-hydrogen) atoms. The number of hydrogen-bond donors (Lipinski definition) is 2. The predicted molar refractivity (Wildman–Crippen MR) is 121 cm³/mol. The Morgan fingerprint density at radius 2 is 1.84 bits per heavy atom. The van der Waals surface area contributed by atoms with Crippen LogP contribution in [0.4, 0.5) is 11.6 Å². The van der Waals surface area contributed by atoms with Crippen molar-refractivity contribution in [2.24, 2.45) is 0 Å². The van der Waals surface area contributed by atoms with E-state index in [-0.39, 0.29) is 6.04 Å². The number of benzene rings is 1. The number of hydrogen-bond acceptors (Lipinski definition) is 7. The molecular formula is C23H25N7O. The van der Waals surface area contributed by atoms with Gasteiger partial charge in [-0.15, -0.1) is 0 Å². The number of ether oxygens (including phenoxy) is 1. The summed E-state index contributed by atoms with van der Waals surface area (Å²) in [5, 5.41) is 4.22. The molecule has 0 bridgehead atoms. The lowest BCUT2D eigenvalue weighted by molar-refractivity contribution is 0.324. The van der Waals surface area contributed by atoms with Crippen LogP contribution >= 0.6 is 0 Å². The van der Waals surface area contributed by atoms with Gasteiger partial charge in [0.05, 0.1) is 16.9 Å². The van der Waals surface area contributed by atoms with E-state index < -0.39 is 0 Å². The Morgan fingerprint density at radius 1 is 1.10 bits per heavy atom. The molecule has 1 aliphatic rings. The molecule has 0 saturated heterocycles. The third-order valence-electron chi connectivity index (χ3n) is 5.55. The van der Waals surface area contributed by atoms with Crippen LogP contribution in [-0.4, -0.2) is 30.5 Å². The highest BCUT2D eigenvalue weighted by molar-refractivity contribution is 6.01. The summed E-state index contributed by atoms with van der Waals surface area (Å²) < 4.78 is 8.19. The first kappa shape index (κ1) is 19.3. The molecule has 0 spiro atoms. The second-order valence-corrected chi connectivity index (χ2v) is 8.12. The number of aromatic nitrogens is 5. The van der Waals surface area contributed by atoms with Crippen LogP contribution in [0.5, 0.6) is 11.8 Å². The molecule has 0 aliphatic heterocycles. The molecule has 4 aromatic rings. The lowest BCUT2D eigenvalue weighted by Crippen LogP contribution is -2.18. The summed E-state index contributed by atoms with van der Waals surface area (Å²) in [5.74, 6) is 1.29. The molecule has 0 unspecified atom stereocenters. The minimum absolute atomic E-state index is 0.268. The van der Waals surface area contributed by atoms with E-state index in [1.165, 1.54) is 6.42 Å². The van der Waals surface area contributed by atoms with E-state index in [9.17, 15) is 0 Å². The topological polar surface area (TPSA) is 104 Å². The number of nitrogen functional groups attached to an aromatic ring is 1. The summed E-state index contributed by atoms with van der Waals surface area (Å²) in [4.78, 5) is 17.3. The average molecular weight is 416 g/mol. The zero-order valence-corrected chi connectivity index (χ0v) is 17.6. The fourth-order valence-electron chi connectivity index (χ4n) is 3.93. The molecule has 8 nitrogen and oxygen atoms in total. The van der Waals surface area contributed by atoms with Gasteiger partial charge in [0.15, 0.2) is 0 Å². The Bertz CT molecular complexity index is 1200. The molecule has 0 radical (unpaired) electrons. The zero-order chi connectivity index (χ0) is 21.4. The summed E-state index contributed by atoms with van der Waals surface area (Å²) in [6, 6.07) is 8.65. The van der Waals surface area contributed by atoms with Gasteiger partial charge in [-0.1, -0.05) is 0 Å². The number of nitrogens with zero attached hydrogens (tertiary/aromatic N) is 5. The molecule has 3 N–H and O–H groups in total. The van der Waals surface area contributed by atoms with Crippen molar-refractivity contribution >= 4 is 22.5 Å². The van der Waals surface area contributed by atoms with Gasteiger partial charge in [0, 0.05) is 53.9 Å². The van der Waals surface area contributed by atoms with Gasteiger partial charge in [-0.25, -0.2) is 19.9 Å². The van der Waals surface area contributed by atoms with Crippen molar-refractivity contribution in [3.05, 3.63) is 49.1 Å². The molecule has 1 aliphatic carbocycles. The van der Waals surface area contributed by atoms with Gasteiger partial charge in [-0.3, -0.25) is 0 Å². The minimum atomic E-state index is 0.268. The Balaban J connectivity index is 1.60. The van der Waals surface area contributed by atoms with Gasteiger partial charge in [-0.2, -0.15) is 0 Å². The Hall–Kier alpha value is -3.68. The van der Waals surface area contributed by atoms with Crippen LogP contribution in [0, 0.1) is 0 Å². The van der Waals surface area contributed by atoms with Gasteiger partial charge in [0.2, 0.25) is 5.95 Å². The maximum absolute atomic E-state index is 6.65. The Kier molecular flexibility index (Phi) is 4.89. The van der Waals surface area contributed by atoms with Crippen LogP contribution in [0.25, 0.3) is 22.2 Å². The van der Waals surface area contributed by atoms with Crippen LogP contribution in [0.15, 0.2) is 49.1 Å². The molecule has 1 saturated carbocycles. The highest BCUT2D eigenvalue weighted by Gasteiger charge is 2.27. The fraction of sp³-hybridized carbons (Fsp3) is 0.304. The highest BCUT2D eigenvalue weighted by atomic mass is 16.5. The number of anilines is 2. The molecule has 1 fully saturated rings. The number of fused-ring (bicyclic) bond motifs is 1. The first-order chi connectivity index (χ1) is 15.1. The quantitative estimate of drug-likeness (QED) is 0.466. The van der Waals surface area contributed by atoms with Crippen LogP contribution in [-0.2, 0) is 0 Å². The van der Waals surface area contributed by atoms with E-state index in [2.05, 4.69) is 43.7 Å². The summed E-state index contributed by atoms with van der Waals surface area (Å²) >= 11 is 0.